The lowest BCUT2D eigenvalue weighted by atomic mass is 10.1. The first kappa shape index (κ1) is 20.5. The Morgan fingerprint density at radius 2 is 2.04 bits per heavy atom. The SMILES string of the molecule is CCOc1ccc(Br)cc1/C=C(\C#N)C(=O)Nc1cccc(C(F)(F)F)c1. The summed E-state index contributed by atoms with van der Waals surface area (Å²) < 4.78 is 44.5. The van der Waals surface area contributed by atoms with Crippen molar-refractivity contribution in [3.63, 3.8) is 0 Å². The van der Waals surface area contributed by atoms with Crippen molar-refractivity contribution < 1.29 is 22.7 Å². The minimum Gasteiger partial charge on any atom is -0.493 e. The summed E-state index contributed by atoms with van der Waals surface area (Å²) in [6, 6.07) is 11.0. The van der Waals surface area contributed by atoms with Crippen LogP contribution in [0.15, 0.2) is 52.5 Å². The first-order chi connectivity index (χ1) is 12.7. The minimum absolute atomic E-state index is 0.0600. The van der Waals surface area contributed by atoms with Crippen molar-refractivity contribution in [3.8, 4) is 11.8 Å². The van der Waals surface area contributed by atoms with Gasteiger partial charge in [-0.3, -0.25) is 4.79 Å². The highest BCUT2D eigenvalue weighted by Gasteiger charge is 2.30. The van der Waals surface area contributed by atoms with Gasteiger partial charge in [0.15, 0.2) is 0 Å². The van der Waals surface area contributed by atoms with Crippen molar-refractivity contribution >= 4 is 33.6 Å². The molecule has 2 aromatic rings. The highest BCUT2D eigenvalue weighted by atomic mass is 79.9. The summed E-state index contributed by atoms with van der Waals surface area (Å²) in [6.45, 7) is 2.18. The van der Waals surface area contributed by atoms with Gasteiger partial charge in [-0.1, -0.05) is 22.0 Å². The Kier molecular flexibility index (Phi) is 6.64. The smallest absolute Gasteiger partial charge is 0.416 e. The zero-order valence-electron chi connectivity index (χ0n) is 14.1. The van der Waals surface area contributed by atoms with Crippen molar-refractivity contribution in [2.24, 2.45) is 0 Å². The van der Waals surface area contributed by atoms with E-state index in [1.165, 1.54) is 18.2 Å². The summed E-state index contributed by atoms with van der Waals surface area (Å²) in [5, 5.41) is 11.6. The molecule has 8 heteroatoms. The van der Waals surface area contributed by atoms with Gasteiger partial charge >= 0.3 is 6.18 Å². The zero-order chi connectivity index (χ0) is 20.0. The maximum Gasteiger partial charge on any atom is 0.416 e. The maximum absolute atomic E-state index is 12.8. The van der Waals surface area contributed by atoms with Gasteiger partial charge in [-0.05, 0) is 49.4 Å². The molecule has 0 unspecified atom stereocenters. The third kappa shape index (κ3) is 5.59. The first-order valence-corrected chi connectivity index (χ1v) is 8.56. The second kappa shape index (κ2) is 8.73. The van der Waals surface area contributed by atoms with Crippen molar-refractivity contribution in [1.82, 2.24) is 0 Å². The molecule has 0 saturated carbocycles. The lowest BCUT2D eigenvalue weighted by Gasteiger charge is -2.10. The number of carbonyl (C=O) groups is 1. The average Bonchev–Trinajstić information content (AvgIpc) is 2.61. The van der Waals surface area contributed by atoms with E-state index in [9.17, 15) is 23.2 Å². The molecule has 0 aliphatic carbocycles. The van der Waals surface area contributed by atoms with Crippen molar-refractivity contribution in [3.05, 3.63) is 63.6 Å². The molecule has 0 bridgehead atoms. The number of benzene rings is 2. The van der Waals surface area contributed by atoms with E-state index < -0.39 is 17.6 Å². The van der Waals surface area contributed by atoms with E-state index in [4.69, 9.17) is 4.74 Å². The number of nitrogens with zero attached hydrogens (tertiary/aromatic N) is 1. The molecule has 0 heterocycles. The van der Waals surface area contributed by atoms with Crippen LogP contribution in [0, 0.1) is 11.3 Å². The number of halogens is 4. The van der Waals surface area contributed by atoms with Crippen LogP contribution in [-0.4, -0.2) is 12.5 Å². The second-order valence-electron chi connectivity index (χ2n) is 5.32. The van der Waals surface area contributed by atoms with Crippen LogP contribution < -0.4 is 10.1 Å². The summed E-state index contributed by atoms with van der Waals surface area (Å²) in [5.41, 5.74) is -0.739. The third-order valence-electron chi connectivity index (χ3n) is 3.38. The van der Waals surface area contributed by atoms with Crippen LogP contribution in [0.5, 0.6) is 5.75 Å². The third-order valence-corrected chi connectivity index (χ3v) is 3.88. The van der Waals surface area contributed by atoms with E-state index in [1.54, 1.807) is 31.2 Å². The number of amides is 1. The van der Waals surface area contributed by atoms with Gasteiger partial charge in [0.2, 0.25) is 0 Å². The van der Waals surface area contributed by atoms with Crippen LogP contribution in [0.4, 0.5) is 18.9 Å². The summed E-state index contributed by atoms with van der Waals surface area (Å²) >= 11 is 3.30. The van der Waals surface area contributed by atoms with Gasteiger partial charge in [0, 0.05) is 15.7 Å². The van der Waals surface area contributed by atoms with E-state index >= 15 is 0 Å². The van der Waals surface area contributed by atoms with Crippen molar-refractivity contribution in [2.75, 3.05) is 11.9 Å². The number of ether oxygens (including phenoxy) is 1. The molecular formula is C19H14BrF3N2O2. The molecular weight excluding hydrogens is 425 g/mol. The summed E-state index contributed by atoms with van der Waals surface area (Å²) in [4.78, 5) is 12.3. The largest absolute Gasteiger partial charge is 0.493 e. The molecule has 0 fully saturated rings. The van der Waals surface area contributed by atoms with E-state index in [2.05, 4.69) is 21.2 Å². The fourth-order valence-corrected chi connectivity index (χ4v) is 2.57. The Morgan fingerprint density at radius 1 is 1.30 bits per heavy atom. The standard InChI is InChI=1S/C19H14BrF3N2O2/c1-2-27-17-7-6-15(20)9-12(17)8-13(11-24)18(26)25-16-5-3-4-14(10-16)19(21,22)23/h3-10H,2H2,1H3,(H,25,26)/b13-8+. The average molecular weight is 439 g/mol. The second-order valence-corrected chi connectivity index (χ2v) is 6.23. The molecule has 0 aromatic heterocycles. The number of carbonyl (C=O) groups excluding carboxylic acids is 1. The van der Waals surface area contributed by atoms with Crippen LogP contribution in [0.3, 0.4) is 0 Å². The van der Waals surface area contributed by atoms with Crippen LogP contribution in [0.1, 0.15) is 18.1 Å². The van der Waals surface area contributed by atoms with Gasteiger partial charge in [-0.2, -0.15) is 18.4 Å². The number of nitriles is 1. The van der Waals surface area contributed by atoms with Crippen molar-refractivity contribution in [1.29, 1.82) is 5.26 Å². The molecule has 1 amide bonds. The molecule has 1 N–H and O–H groups in total. The molecule has 0 saturated heterocycles. The van der Waals surface area contributed by atoms with Gasteiger partial charge in [0.1, 0.15) is 17.4 Å². The fourth-order valence-electron chi connectivity index (χ4n) is 2.19. The van der Waals surface area contributed by atoms with Crippen LogP contribution in [-0.2, 0) is 11.0 Å². The molecule has 2 aromatic carbocycles. The molecule has 0 atom stereocenters. The van der Waals surface area contributed by atoms with Crippen LogP contribution >= 0.6 is 15.9 Å². The number of hydrogen-bond donors (Lipinski definition) is 1. The lowest BCUT2D eigenvalue weighted by Crippen LogP contribution is -2.14. The van der Waals surface area contributed by atoms with Crippen molar-refractivity contribution in [2.45, 2.75) is 13.1 Å². The Morgan fingerprint density at radius 3 is 2.67 bits per heavy atom. The van der Waals surface area contributed by atoms with Gasteiger partial charge in [0.05, 0.1) is 12.2 Å². The maximum atomic E-state index is 12.8. The van der Waals surface area contributed by atoms with Crippen LogP contribution in [0.25, 0.3) is 6.08 Å². The zero-order valence-corrected chi connectivity index (χ0v) is 15.7. The minimum atomic E-state index is -4.53. The molecule has 140 valence electrons. The quantitative estimate of drug-likeness (QED) is 0.501. The predicted molar refractivity (Wildman–Crippen MR) is 99.0 cm³/mol. The highest BCUT2D eigenvalue weighted by Crippen LogP contribution is 2.31. The normalized spacial score (nSPS) is 11.6. The van der Waals surface area contributed by atoms with E-state index in [0.717, 1.165) is 12.1 Å². The molecule has 0 spiro atoms. The van der Waals surface area contributed by atoms with Gasteiger partial charge in [-0.15, -0.1) is 0 Å². The topological polar surface area (TPSA) is 62.1 Å². The number of anilines is 1. The Hall–Kier alpha value is -2.79. The number of nitrogens with one attached hydrogen (secondary N) is 1. The summed E-state index contributed by atoms with van der Waals surface area (Å²) in [6.07, 6.45) is -3.21. The number of rotatable bonds is 5. The van der Waals surface area contributed by atoms with Gasteiger partial charge in [0.25, 0.3) is 5.91 Å². The molecule has 2 rings (SSSR count). The van der Waals surface area contributed by atoms with E-state index in [-0.39, 0.29) is 11.3 Å². The molecule has 0 radical (unpaired) electrons. The molecule has 0 aliphatic heterocycles. The fraction of sp³-hybridized carbons (Fsp3) is 0.158. The van der Waals surface area contributed by atoms with Gasteiger partial charge in [-0.25, -0.2) is 0 Å². The summed E-state index contributed by atoms with van der Waals surface area (Å²) in [5.74, 6) is -0.348. The molecule has 0 aliphatic rings. The van der Waals surface area contributed by atoms with Gasteiger partial charge < -0.3 is 10.1 Å². The Labute approximate surface area is 162 Å². The molecule has 4 nitrogen and oxygen atoms in total. The Bertz CT molecular complexity index is 918. The number of alkyl halides is 3. The monoisotopic (exact) mass is 438 g/mol. The Balaban J connectivity index is 2.31. The number of hydrogen-bond acceptors (Lipinski definition) is 3. The van der Waals surface area contributed by atoms with E-state index in [1.807, 2.05) is 0 Å². The highest BCUT2D eigenvalue weighted by molar-refractivity contribution is 9.10. The first-order valence-electron chi connectivity index (χ1n) is 7.77. The summed E-state index contributed by atoms with van der Waals surface area (Å²) in [7, 11) is 0. The molecule has 27 heavy (non-hydrogen) atoms. The van der Waals surface area contributed by atoms with E-state index in [0.29, 0.717) is 22.4 Å². The lowest BCUT2D eigenvalue weighted by molar-refractivity contribution is -0.137. The van der Waals surface area contributed by atoms with Crippen LogP contribution in [0.2, 0.25) is 0 Å². The predicted octanol–water partition coefficient (Wildman–Crippen LogP) is 5.41.